The van der Waals surface area contributed by atoms with Crippen LogP contribution in [0.2, 0.25) is 0 Å². The number of amides is 4. The number of rotatable bonds is 20. The van der Waals surface area contributed by atoms with Gasteiger partial charge in [0, 0.05) is 20.0 Å². The van der Waals surface area contributed by atoms with Crippen molar-refractivity contribution in [3.05, 3.63) is 28.8 Å². The van der Waals surface area contributed by atoms with Gasteiger partial charge in [0.25, 0.3) is 0 Å². The van der Waals surface area contributed by atoms with Gasteiger partial charge < -0.3 is 36.4 Å². The van der Waals surface area contributed by atoms with Crippen LogP contribution in [0.4, 0.5) is 0 Å². The molecule has 1 saturated carbocycles. The van der Waals surface area contributed by atoms with Crippen LogP contribution in [-0.4, -0.2) is 97.0 Å². The number of phenolic OH excluding ortho intramolecular Hbond substituents is 1. The summed E-state index contributed by atoms with van der Waals surface area (Å²) in [7, 11) is 3.08. The molecule has 1 aromatic carbocycles. The van der Waals surface area contributed by atoms with Gasteiger partial charge in [-0.05, 0) is 92.7 Å². The molecule has 49 heavy (non-hydrogen) atoms. The predicted molar refractivity (Wildman–Crippen MR) is 196 cm³/mol. The normalized spacial score (nSPS) is 14.8. The maximum Gasteiger partial charge on any atom is 0.305 e. The molecule has 1 aromatic rings. The number of methoxy groups -OCH3 is 1. The van der Waals surface area contributed by atoms with E-state index in [9.17, 15) is 29.1 Å². The van der Waals surface area contributed by atoms with Crippen molar-refractivity contribution in [1.82, 2.24) is 20.9 Å². The fourth-order valence-electron chi connectivity index (χ4n) is 6.18. The number of ether oxygens (including phenoxy) is 1. The van der Waals surface area contributed by atoms with Crippen LogP contribution in [0.3, 0.4) is 0 Å². The first-order valence-corrected chi connectivity index (χ1v) is 18.5. The van der Waals surface area contributed by atoms with Crippen molar-refractivity contribution in [2.24, 2.45) is 11.7 Å². The number of esters is 1. The van der Waals surface area contributed by atoms with Crippen LogP contribution in [-0.2, 0) is 35.1 Å². The molecule has 6 N–H and O–H groups in total. The fourth-order valence-corrected chi connectivity index (χ4v) is 6.65. The number of unbranched alkanes of at least 4 members (excludes halogenated alkanes) is 2. The Morgan fingerprint density at radius 2 is 1.65 bits per heavy atom. The number of nitrogens with two attached hydrogens (primary N) is 1. The summed E-state index contributed by atoms with van der Waals surface area (Å²) in [5.74, 6) is -0.816. The minimum Gasteiger partial charge on any atom is -0.508 e. The van der Waals surface area contributed by atoms with Gasteiger partial charge in [0.15, 0.2) is 0 Å². The standard InChI is InChI=1S/C35H57N5O7S.ClH/c1-23-18-26(41)19-24(2)27(23)21-28(36)33(44)39-29(15-17-48-5)34(45)37-22-31(42)38-30(20-25-12-8-6-9-13-25)35(46)40(3)16-11-7-10-14-32(43)47-4;/h18-19,25,28-30,41H,6-17,20-22,36H2,1-5H3,(H,37,45)(H,38,42)(H,39,44);1H/t28-,29+,30-;/m0./s1. The third-order valence-corrected chi connectivity index (χ3v) is 9.66. The van der Waals surface area contributed by atoms with E-state index in [1.54, 1.807) is 24.1 Å². The lowest BCUT2D eigenvalue weighted by molar-refractivity contribution is -0.140. The van der Waals surface area contributed by atoms with E-state index in [1.807, 2.05) is 20.1 Å². The van der Waals surface area contributed by atoms with E-state index in [1.165, 1.54) is 25.3 Å². The van der Waals surface area contributed by atoms with Gasteiger partial charge >= 0.3 is 5.97 Å². The second-order valence-electron chi connectivity index (χ2n) is 12.9. The van der Waals surface area contributed by atoms with Crippen LogP contribution in [0.25, 0.3) is 0 Å². The molecule has 0 radical (unpaired) electrons. The minimum atomic E-state index is -0.920. The number of phenols is 1. The minimum absolute atomic E-state index is 0. The number of nitrogens with one attached hydrogen (secondary N) is 3. The van der Waals surface area contributed by atoms with E-state index >= 15 is 0 Å². The predicted octanol–water partition coefficient (Wildman–Crippen LogP) is 3.30. The topological polar surface area (TPSA) is 180 Å². The molecule has 1 fully saturated rings. The number of aryl methyl sites for hydroxylation is 2. The zero-order valence-electron chi connectivity index (χ0n) is 29.8. The summed E-state index contributed by atoms with van der Waals surface area (Å²) in [4.78, 5) is 65.9. The molecule has 278 valence electrons. The van der Waals surface area contributed by atoms with Crippen molar-refractivity contribution in [3.63, 3.8) is 0 Å². The molecule has 0 saturated heterocycles. The third-order valence-electron chi connectivity index (χ3n) is 9.01. The van der Waals surface area contributed by atoms with Crippen molar-refractivity contribution in [3.8, 4) is 5.75 Å². The van der Waals surface area contributed by atoms with Crippen LogP contribution in [0, 0.1) is 19.8 Å². The van der Waals surface area contributed by atoms with Gasteiger partial charge in [-0.1, -0.05) is 38.5 Å². The zero-order valence-corrected chi connectivity index (χ0v) is 31.4. The summed E-state index contributed by atoms with van der Waals surface area (Å²) in [6, 6.07) is 0.712. The zero-order chi connectivity index (χ0) is 35.6. The molecule has 2 rings (SSSR count). The first kappa shape index (κ1) is 44.0. The van der Waals surface area contributed by atoms with Gasteiger partial charge in [-0.15, -0.1) is 12.4 Å². The highest BCUT2D eigenvalue weighted by Gasteiger charge is 2.29. The molecular weight excluding hydrogens is 670 g/mol. The van der Waals surface area contributed by atoms with Gasteiger partial charge in [0.05, 0.1) is 19.7 Å². The Labute approximate surface area is 302 Å². The van der Waals surface area contributed by atoms with E-state index in [4.69, 9.17) is 5.73 Å². The number of aromatic hydroxyl groups is 1. The summed E-state index contributed by atoms with van der Waals surface area (Å²) in [5.41, 5.74) is 8.74. The van der Waals surface area contributed by atoms with E-state index < -0.39 is 35.8 Å². The Bertz CT molecular complexity index is 1210. The van der Waals surface area contributed by atoms with Gasteiger partial charge in [-0.3, -0.25) is 24.0 Å². The van der Waals surface area contributed by atoms with Crippen molar-refractivity contribution in [1.29, 1.82) is 0 Å². The van der Waals surface area contributed by atoms with E-state index in [-0.39, 0.29) is 43.0 Å². The highest BCUT2D eigenvalue weighted by atomic mass is 35.5. The number of benzene rings is 1. The smallest absolute Gasteiger partial charge is 0.305 e. The quantitative estimate of drug-likeness (QED) is 0.0995. The molecule has 1 aliphatic rings. The first-order valence-electron chi connectivity index (χ1n) is 17.1. The lowest BCUT2D eigenvalue weighted by Crippen LogP contribution is -2.54. The summed E-state index contributed by atoms with van der Waals surface area (Å²) in [6.07, 6.45) is 10.9. The molecule has 0 unspecified atom stereocenters. The molecule has 0 spiro atoms. The van der Waals surface area contributed by atoms with E-state index in [2.05, 4.69) is 20.7 Å². The summed E-state index contributed by atoms with van der Waals surface area (Å²) >= 11 is 1.53. The number of hydrogen-bond acceptors (Lipinski definition) is 9. The van der Waals surface area contributed by atoms with Crippen molar-refractivity contribution >= 4 is 53.8 Å². The van der Waals surface area contributed by atoms with Crippen LogP contribution in [0.5, 0.6) is 5.75 Å². The Morgan fingerprint density at radius 3 is 2.27 bits per heavy atom. The summed E-state index contributed by atoms with van der Waals surface area (Å²) in [5, 5.41) is 18.1. The number of thioether (sulfide) groups is 1. The number of hydrogen-bond donors (Lipinski definition) is 5. The van der Waals surface area contributed by atoms with Gasteiger partial charge in [0.2, 0.25) is 23.6 Å². The second kappa shape index (κ2) is 23.4. The largest absolute Gasteiger partial charge is 0.508 e. The first-order chi connectivity index (χ1) is 22.9. The van der Waals surface area contributed by atoms with Crippen molar-refractivity contribution in [2.75, 3.05) is 39.3 Å². The van der Waals surface area contributed by atoms with Gasteiger partial charge in [0.1, 0.15) is 17.8 Å². The highest BCUT2D eigenvalue weighted by molar-refractivity contribution is 7.98. The lowest BCUT2D eigenvalue weighted by Gasteiger charge is -2.29. The molecule has 0 aromatic heterocycles. The van der Waals surface area contributed by atoms with Crippen LogP contribution < -0.4 is 21.7 Å². The monoisotopic (exact) mass is 727 g/mol. The van der Waals surface area contributed by atoms with E-state index in [0.717, 1.165) is 55.2 Å². The highest BCUT2D eigenvalue weighted by Crippen LogP contribution is 2.28. The van der Waals surface area contributed by atoms with Gasteiger partial charge in [-0.2, -0.15) is 11.8 Å². The van der Waals surface area contributed by atoms with Crippen molar-refractivity contribution < 1.29 is 33.8 Å². The average Bonchev–Trinajstić information content (AvgIpc) is 3.06. The molecule has 0 aliphatic heterocycles. The number of nitrogens with zero attached hydrogens (tertiary/aromatic N) is 1. The maximum absolute atomic E-state index is 13.5. The van der Waals surface area contributed by atoms with Crippen LogP contribution in [0.15, 0.2) is 12.1 Å². The number of likely N-dealkylation sites (N-methyl/N-ethyl adjacent to an activating group) is 1. The number of carbonyl (C=O) groups is 5. The number of halogens is 1. The average molecular weight is 728 g/mol. The molecular formula is C35H58ClN5O7S. The maximum atomic E-state index is 13.5. The van der Waals surface area contributed by atoms with Crippen LogP contribution >= 0.6 is 24.2 Å². The Kier molecular flexibility index (Phi) is 21.0. The molecule has 0 bridgehead atoms. The molecule has 14 heteroatoms. The second-order valence-corrected chi connectivity index (χ2v) is 13.9. The Balaban J connectivity index is 0.0000120. The van der Waals surface area contributed by atoms with E-state index in [0.29, 0.717) is 43.9 Å². The molecule has 4 amide bonds. The Morgan fingerprint density at radius 1 is 1.00 bits per heavy atom. The van der Waals surface area contributed by atoms with Crippen LogP contribution in [0.1, 0.15) is 87.3 Å². The summed E-state index contributed by atoms with van der Waals surface area (Å²) < 4.78 is 4.68. The SMILES string of the molecule is COC(=O)CCCCCN(C)C(=O)[C@H](CC1CCCCC1)NC(=O)CNC(=O)[C@@H](CCSC)NC(=O)[C@@H](N)Cc1c(C)cc(O)cc1C.Cl. The third kappa shape index (κ3) is 16.0. The van der Waals surface area contributed by atoms with Gasteiger partial charge in [-0.25, -0.2) is 0 Å². The summed E-state index contributed by atoms with van der Waals surface area (Å²) in [6.45, 7) is 3.84. The lowest BCUT2D eigenvalue weighted by atomic mass is 9.84. The molecule has 1 aliphatic carbocycles. The molecule has 12 nitrogen and oxygen atoms in total. The Hall–Kier alpha value is -3.03. The fraction of sp³-hybridized carbons (Fsp3) is 0.686. The number of carbonyl (C=O) groups excluding carboxylic acids is 5. The molecule has 3 atom stereocenters. The van der Waals surface area contributed by atoms with Crippen molar-refractivity contribution in [2.45, 2.75) is 109 Å². The molecule has 0 heterocycles.